The van der Waals surface area contributed by atoms with Gasteiger partial charge in [-0.05, 0) is 54.2 Å². The lowest BCUT2D eigenvalue weighted by atomic mass is 10.1. The second-order valence-corrected chi connectivity index (χ2v) is 12.0. The van der Waals surface area contributed by atoms with E-state index in [1.54, 1.807) is 28.9 Å². The fraction of sp³-hybridized carbons (Fsp3) is 0.355. The zero-order chi connectivity index (χ0) is 27.8. The molecule has 7 nitrogen and oxygen atoms in total. The number of piperazine rings is 1. The number of amides is 2. The van der Waals surface area contributed by atoms with Gasteiger partial charge in [0.05, 0.1) is 10.6 Å². The topological polar surface area (TPSA) is 84.0 Å². The Bertz CT molecular complexity index is 1380. The van der Waals surface area contributed by atoms with E-state index in [4.69, 9.17) is 4.74 Å². The van der Waals surface area contributed by atoms with E-state index in [0.717, 1.165) is 30.4 Å². The Kier molecular flexibility index (Phi) is 9.41. The normalized spacial score (nSPS) is 13.8. The molecule has 1 saturated heterocycles. The van der Waals surface area contributed by atoms with Crippen molar-refractivity contribution >= 4 is 21.8 Å². The fourth-order valence-corrected chi connectivity index (χ4v) is 5.95. The first-order valence-corrected chi connectivity index (χ1v) is 15.1. The van der Waals surface area contributed by atoms with E-state index in [0.29, 0.717) is 37.3 Å². The van der Waals surface area contributed by atoms with Gasteiger partial charge in [0.1, 0.15) is 6.61 Å². The molecule has 0 saturated carbocycles. The predicted molar refractivity (Wildman–Crippen MR) is 151 cm³/mol. The minimum absolute atomic E-state index is 0.123. The Morgan fingerprint density at radius 1 is 0.821 bits per heavy atom. The van der Waals surface area contributed by atoms with Crippen molar-refractivity contribution in [1.82, 2.24) is 9.80 Å². The zero-order valence-electron chi connectivity index (χ0n) is 22.6. The third kappa shape index (κ3) is 7.47. The average Bonchev–Trinajstić information content (AvgIpc) is 2.96. The van der Waals surface area contributed by atoms with Gasteiger partial charge in [-0.3, -0.25) is 4.79 Å². The van der Waals surface area contributed by atoms with E-state index in [-0.39, 0.29) is 23.2 Å². The van der Waals surface area contributed by atoms with Crippen LogP contribution in [-0.2, 0) is 33.4 Å². The lowest BCUT2D eigenvalue weighted by Gasteiger charge is -2.34. The van der Waals surface area contributed by atoms with E-state index in [1.807, 2.05) is 54.6 Å². The van der Waals surface area contributed by atoms with Crippen LogP contribution in [0.2, 0.25) is 0 Å². The van der Waals surface area contributed by atoms with E-state index in [9.17, 15) is 18.0 Å². The molecule has 0 spiro atoms. The molecule has 0 atom stereocenters. The molecule has 0 N–H and O–H groups in total. The summed E-state index contributed by atoms with van der Waals surface area (Å²) in [5.41, 5.74) is 3.91. The molecular formula is C31H36N2O5S. The van der Waals surface area contributed by atoms with Gasteiger partial charge in [-0.1, -0.05) is 74.0 Å². The summed E-state index contributed by atoms with van der Waals surface area (Å²) in [7, 11) is -3.64. The Morgan fingerprint density at radius 2 is 1.46 bits per heavy atom. The molecule has 0 radical (unpaired) electrons. The average molecular weight is 549 g/mol. The van der Waals surface area contributed by atoms with Crippen molar-refractivity contribution in [2.75, 3.05) is 26.2 Å². The molecule has 0 unspecified atom stereocenters. The summed E-state index contributed by atoms with van der Waals surface area (Å²) in [6, 6.07) is 21.9. The number of rotatable bonds is 9. The number of hydrogen-bond donors (Lipinski definition) is 0. The van der Waals surface area contributed by atoms with Gasteiger partial charge >= 0.3 is 6.09 Å². The summed E-state index contributed by atoms with van der Waals surface area (Å²) in [4.78, 5) is 29.2. The largest absolute Gasteiger partial charge is 0.445 e. The highest BCUT2D eigenvalue weighted by atomic mass is 32.2. The number of carbonyl (C=O) groups is 2. The molecule has 1 aliphatic heterocycles. The molecular weight excluding hydrogens is 512 g/mol. The molecule has 1 heterocycles. The Hall–Kier alpha value is -3.65. The van der Waals surface area contributed by atoms with Crippen LogP contribution in [0.3, 0.4) is 0 Å². The first kappa shape index (κ1) is 28.4. The SMILES string of the molecule is CCCCc1ccc(CS(=O)(=O)c2ccc(C)c(C(=O)N3CCN(C(=O)OCc4ccccc4)CC3)c2)cc1. The van der Waals surface area contributed by atoms with Gasteiger partial charge in [0.25, 0.3) is 5.91 Å². The Morgan fingerprint density at radius 3 is 2.13 bits per heavy atom. The molecule has 3 aromatic carbocycles. The van der Waals surface area contributed by atoms with Crippen molar-refractivity contribution in [3.05, 3.63) is 101 Å². The molecule has 39 heavy (non-hydrogen) atoms. The van der Waals surface area contributed by atoms with Gasteiger partial charge in [0, 0.05) is 31.7 Å². The van der Waals surface area contributed by atoms with Gasteiger partial charge < -0.3 is 14.5 Å². The van der Waals surface area contributed by atoms with Crippen LogP contribution in [0.4, 0.5) is 4.79 Å². The molecule has 0 aromatic heterocycles. The van der Waals surface area contributed by atoms with Crippen molar-refractivity contribution in [1.29, 1.82) is 0 Å². The Balaban J connectivity index is 1.37. The minimum atomic E-state index is -3.64. The number of nitrogens with zero attached hydrogens (tertiary/aromatic N) is 2. The molecule has 4 rings (SSSR count). The first-order valence-electron chi connectivity index (χ1n) is 13.4. The van der Waals surface area contributed by atoms with E-state index in [1.165, 1.54) is 11.6 Å². The minimum Gasteiger partial charge on any atom is -0.445 e. The first-order chi connectivity index (χ1) is 18.8. The molecule has 8 heteroatoms. The quantitative estimate of drug-likeness (QED) is 0.357. The van der Waals surface area contributed by atoms with Crippen LogP contribution >= 0.6 is 0 Å². The zero-order valence-corrected chi connectivity index (χ0v) is 23.5. The maximum Gasteiger partial charge on any atom is 0.410 e. The summed E-state index contributed by atoms with van der Waals surface area (Å²) in [6.45, 7) is 5.54. The summed E-state index contributed by atoms with van der Waals surface area (Å²) < 4.78 is 31.8. The predicted octanol–water partition coefficient (Wildman–Crippen LogP) is 5.41. The van der Waals surface area contributed by atoms with Crippen LogP contribution < -0.4 is 0 Å². The van der Waals surface area contributed by atoms with E-state index in [2.05, 4.69) is 6.92 Å². The Labute approximate surface area is 231 Å². The monoisotopic (exact) mass is 548 g/mol. The standard InChI is InChI=1S/C31H36N2O5S/c1-3-4-8-25-12-14-27(15-13-25)23-39(36,37)28-16-11-24(2)29(21-28)30(34)32-17-19-33(20-18-32)31(35)38-22-26-9-6-5-7-10-26/h5-7,9-16,21H,3-4,8,17-20,22-23H2,1-2H3. The van der Waals surface area contributed by atoms with Crippen molar-refractivity contribution < 1.29 is 22.7 Å². The lowest BCUT2D eigenvalue weighted by Crippen LogP contribution is -2.50. The number of benzene rings is 3. The fourth-order valence-electron chi connectivity index (χ4n) is 4.58. The third-order valence-electron chi connectivity index (χ3n) is 7.03. The van der Waals surface area contributed by atoms with Crippen LogP contribution in [0.15, 0.2) is 77.7 Å². The van der Waals surface area contributed by atoms with Gasteiger partial charge in [-0.2, -0.15) is 0 Å². The molecule has 1 fully saturated rings. The van der Waals surface area contributed by atoms with Crippen molar-refractivity contribution in [3.8, 4) is 0 Å². The van der Waals surface area contributed by atoms with Crippen molar-refractivity contribution in [2.45, 2.75) is 50.4 Å². The summed E-state index contributed by atoms with van der Waals surface area (Å²) in [5, 5.41) is 0. The maximum atomic E-state index is 13.4. The van der Waals surface area contributed by atoms with Gasteiger partial charge in [0.2, 0.25) is 0 Å². The molecule has 1 aliphatic rings. The number of aryl methyl sites for hydroxylation is 2. The van der Waals surface area contributed by atoms with Crippen LogP contribution in [-0.4, -0.2) is 56.4 Å². The van der Waals surface area contributed by atoms with E-state index >= 15 is 0 Å². The second kappa shape index (κ2) is 12.9. The van der Waals surface area contributed by atoms with Crippen LogP contribution in [0, 0.1) is 6.92 Å². The van der Waals surface area contributed by atoms with E-state index < -0.39 is 15.9 Å². The smallest absolute Gasteiger partial charge is 0.410 e. The summed E-state index contributed by atoms with van der Waals surface area (Å²) in [6.07, 6.45) is 2.79. The van der Waals surface area contributed by atoms with Gasteiger partial charge in [0.15, 0.2) is 9.84 Å². The number of unbranched alkanes of at least 4 members (excludes halogenated alkanes) is 1. The number of ether oxygens (including phenoxy) is 1. The number of hydrogen-bond acceptors (Lipinski definition) is 5. The third-order valence-corrected chi connectivity index (χ3v) is 8.71. The lowest BCUT2D eigenvalue weighted by molar-refractivity contribution is 0.0543. The summed E-state index contributed by atoms with van der Waals surface area (Å²) >= 11 is 0. The highest BCUT2D eigenvalue weighted by Crippen LogP contribution is 2.22. The molecule has 0 aliphatic carbocycles. The van der Waals surface area contributed by atoms with Crippen LogP contribution in [0.5, 0.6) is 0 Å². The van der Waals surface area contributed by atoms with Crippen molar-refractivity contribution in [3.63, 3.8) is 0 Å². The molecule has 0 bridgehead atoms. The van der Waals surface area contributed by atoms with Crippen LogP contribution in [0.25, 0.3) is 0 Å². The molecule has 3 aromatic rings. The van der Waals surface area contributed by atoms with Gasteiger partial charge in [-0.25, -0.2) is 13.2 Å². The molecule has 206 valence electrons. The number of carbonyl (C=O) groups excluding carboxylic acids is 2. The summed E-state index contributed by atoms with van der Waals surface area (Å²) in [5.74, 6) is -0.358. The number of sulfone groups is 1. The van der Waals surface area contributed by atoms with Crippen molar-refractivity contribution in [2.24, 2.45) is 0 Å². The van der Waals surface area contributed by atoms with Gasteiger partial charge in [-0.15, -0.1) is 0 Å². The second-order valence-electron chi connectivity index (χ2n) is 9.98. The molecule has 2 amide bonds. The highest BCUT2D eigenvalue weighted by Gasteiger charge is 2.27. The van der Waals surface area contributed by atoms with Crippen LogP contribution in [0.1, 0.15) is 52.4 Å². The maximum absolute atomic E-state index is 13.4. The highest BCUT2D eigenvalue weighted by molar-refractivity contribution is 7.90.